The van der Waals surface area contributed by atoms with Gasteiger partial charge in [0, 0.05) is 18.8 Å². The number of benzene rings is 1. The van der Waals surface area contributed by atoms with Gasteiger partial charge in [-0.3, -0.25) is 9.10 Å². The van der Waals surface area contributed by atoms with Crippen molar-refractivity contribution < 1.29 is 22.7 Å². The van der Waals surface area contributed by atoms with Crippen LogP contribution in [0.5, 0.6) is 5.06 Å². The summed E-state index contributed by atoms with van der Waals surface area (Å²) in [4.78, 5) is 24.9. The molecule has 0 saturated carbocycles. The highest BCUT2D eigenvalue weighted by Crippen LogP contribution is 2.29. The van der Waals surface area contributed by atoms with E-state index < -0.39 is 27.6 Å². The molecule has 0 atom stereocenters. The minimum Gasteiger partial charge on any atom is -0.399 e. The molecular formula is C19H23BrN4O5S2. The molecule has 1 aromatic heterocycles. The minimum absolute atomic E-state index is 0.108. The molecule has 2 heterocycles. The summed E-state index contributed by atoms with van der Waals surface area (Å²) in [6.07, 6.45) is -0.745. The van der Waals surface area contributed by atoms with Gasteiger partial charge in [-0.05, 0) is 72.6 Å². The number of sulfonamides is 1. The van der Waals surface area contributed by atoms with Gasteiger partial charge in [0.2, 0.25) is 15.9 Å². The molecule has 1 aliphatic rings. The average molecular weight is 531 g/mol. The van der Waals surface area contributed by atoms with E-state index in [1.54, 1.807) is 51.1 Å². The summed E-state index contributed by atoms with van der Waals surface area (Å²) in [7, 11) is -3.42. The maximum atomic E-state index is 12.7. The van der Waals surface area contributed by atoms with Gasteiger partial charge >= 0.3 is 6.09 Å². The maximum Gasteiger partial charge on any atom is 0.414 e. The van der Waals surface area contributed by atoms with Gasteiger partial charge in [0.15, 0.2) is 5.06 Å². The number of hydrogen-bond donors (Lipinski definition) is 3. The van der Waals surface area contributed by atoms with Crippen LogP contribution in [0.4, 0.5) is 16.2 Å². The molecule has 31 heavy (non-hydrogen) atoms. The van der Waals surface area contributed by atoms with Crippen molar-refractivity contribution in [2.45, 2.75) is 26.3 Å². The van der Waals surface area contributed by atoms with Gasteiger partial charge in [0.1, 0.15) is 11.4 Å². The molecular weight excluding hydrogens is 508 g/mol. The van der Waals surface area contributed by atoms with E-state index in [0.717, 1.165) is 3.79 Å². The van der Waals surface area contributed by atoms with Crippen LogP contribution in [-0.2, 0) is 14.8 Å². The Labute approximate surface area is 193 Å². The predicted molar refractivity (Wildman–Crippen MR) is 124 cm³/mol. The molecule has 1 saturated heterocycles. The van der Waals surface area contributed by atoms with E-state index in [-0.39, 0.29) is 5.88 Å². The van der Waals surface area contributed by atoms with Crippen molar-refractivity contribution in [1.29, 1.82) is 0 Å². The van der Waals surface area contributed by atoms with Crippen molar-refractivity contribution in [2.24, 2.45) is 0 Å². The molecule has 1 fully saturated rings. The van der Waals surface area contributed by atoms with E-state index in [0.29, 0.717) is 35.1 Å². The van der Waals surface area contributed by atoms with Crippen LogP contribution in [-0.4, -0.2) is 44.9 Å². The van der Waals surface area contributed by atoms with Crippen LogP contribution in [0.2, 0.25) is 0 Å². The molecule has 0 radical (unpaired) electrons. The molecule has 0 bridgehead atoms. The highest BCUT2D eigenvalue weighted by Gasteiger charge is 2.31. The van der Waals surface area contributed by atoms with Crippen molar-refractivity contribution >= 4 is 60.7 Å². The van der Waals surface area contributed by atoms with Gasteiger partial charge < -0.3 is 20.7 Å². The fourth-order valence-corrected chi connectivity index (χ4v) is 5.58. The second kappa shape index (κ2) is 9.15. The quantitative estimate of drug-likeness (QED) is 0.546. The Morgan fingerprint density at radius 2 is 2.00 bits per heavy atom. The Morgan fingerprint density at radius 3 is 2.61 bits per heavy atom. The van der Waals surface area contributed by atoms with Crippen LogP contribution in [0.1, 0.15) is 19.4 Å². The lowest BCUT2D eigenvalue weighted by Crippen LogP contribution is -2.53. The largest absolute Gasteiger partial charge is 0.414 e. The smallest absolute Gasteiger partial charge is 0.399 e. The first kappa shape index (κ1) is 23.5. The highest BCUT2D eigenvalue weighted by molar-refractivity contribution is 9.11. The Hall–Kier alpha value is -2.15. The maximum absolute atomic E-state index is 12.7. The predicted octanol–water partition coefficient (Wildman–Crippen LogP) is 3.02. The number of carbonyl (C=O) groups is 2. The summed E-state index contributed by atoms with van der Waals surface area (Å²) in [5.41, 5.74) is 0.517. The number of nitrogens with zero attached hydrogens (tertiary/aromatic N) is 1. The molecule has 0 aliphatic carbocycles. The van der Waals surface area contributed by atoms with Crippen LogP contribution in [0.3, 0.4) is 0 Å². The summed E-state index contributed by atoms with van der Waals surface area (Å²) < 4.78 is 32.0. The van der Waals surface area contributed by atoms with Crippen LogP contribution < -0.4 is 25.0 Å². The van der Waals surface area contributed by atoms with Gasteiger partial charge in [-0.15, -0.1) is 0 Å². The lowest BCUT2D eigenvalue weighted by atomic mass is 10.0. The zero-order chi connectivity index (χ0) is 22.8. The SMILES string of the molecule is Cc1cc(NC(=O)C(C)(C)NC(=O)Oc2ccc(Br)s2)ccc1N1CCNCS1(=O)=O. The summed E-state index contributed by atoms with van der Waals surface area (Å²) >= 11 is 4.54. The molecule has 0 spiro atoms. The first-order chi connectivity index (χ1) is 14.5. The zero-order valence-electron chi connectivity index (χ0n) is 17.2. The normalized spacial score (nSPS) is 15.9. The number of halogens is 1. The van der Waals surface area contributed by atoms with E-state index >= 15 is 0 Å². The molecule has 3 rings (SSSR count). The molecule has 168 valence electrons. The second-order valence-corrected chi connectivity index (χ2v) is 11.8. The monoisotopic (exact) mass is 530 g/mol. The lowest BCUT2D eigenvalue weighted by molar-refractivity contribution is -0.121. The van der Waals surface area contributed by atoms with Gasteiger partial charge in [0.05, 0.1) is 9.47 Å². The Bertz CT molecular complexity index is 1100. The van der Waals surface area contributed by atoms with Crippen molar-refractivity contribution in [3.8, 4) is 5.06 Å². The molecule has 9 nitrogen and oxygen atoms in total. The fraction of sp³-hybridized carbons (Fsp3) is 0.368. The van der Waals surface area contributed by atoms with Gasteiger partial charge in [-0.25, -0.2) is 13.2 Å². The minimum atomic E-state index is -3.42. The molecule has 12 heteroatoms. The summed E-state index contributed by atoms with van der Waals surface area (Å²) in [5, 5.41) is 8.54. The second-order valence-electron chi connectivity index (χ2n) is 7.48. The third kappa shape index (κ3) is 5.76. The van der Waals surface area contributed by atoms with Crippen LogP contribution in [0, 0.1) is 6.92 Å². The number of thiophene rings is 1. The summed E-state index contributed by atoms with van der Waals surface area (Å²) in [6, 6.07) is 8.39. The number of amides is 2. The fourth-order valence-electron chi connectivity index (χ4n) is 2.95. The van der Waals surface area contributed by atoms with Crippen molar-refractivity contribution in [3.05, 3.63) is 39.7 Å². The number of nitrogens with one attached hydrogen (secondary N) is 3. The van der Waals surface area contributed by atoms with Crippen molar-refractivity contribution in [2.75, 3.05) is 28.6 Å². The molecule has 3 N–H and O–H groups in total. The number of carbonyl (C=O) groups excluding carboxylic acids is 2. The number of rotatable bonds is 5. The zero-order valence-corrected chi connectivity index (χ0v) is 20.4. The van der Waals surface area contributed by atoms with E-state index in [9.17, 15) is 18.0 Å². The van der Waals surface area contributed by atoms with E-state index in [1.807, 2.05) is 0 Å². The standard InChI is InChI=1S/C19H23BrN4O5S2/c1-12-10-13(4-5-14(12)24-9-8-21-11-31(24,27)28)22-17(25)19(2,3)23-18(26)29-16-7-6-15(20)30-16/h4-7,10,21H,8-9,11H2,1-3H3,(H,22,25)(H,23,26). The topological polar surface area (TPSA) is 117 Å². The third-order valence-corrected chi connectivity index (χ3v) is 7.68. The van der Waals surface area contributed by atoms with E-state index in [2.05, 4.69) is 31.9 Å². The van der Waals surface area contributed by atoms with Crippen LogP contribution in [0.25, 0.3) is 0 Å². The molecule has 2 amide bonds. The van der Waals surface area contributed by atoms with Crippen molar-refractivity contribution in [1.82, 2.24) is 10.6 Å². The first-order valence-corrected chi connectivity index (χ1v) is 12.6. The number of anilines is 2. The third-order valence-electron chi connectivity index (χ3n) is 4.56. The molecule has 1 aromatic carbocycles. The lowest BCUT2D eigenvalue weighted by Gasteiger charge is -2.30. The Morgan fingerprint density at radius 1 is 1.26 bits per heavy atom. The Kier molecular flexibility index (Phi) is 6.94. The number of aryl methyl sites for hydroxylation is 1. The molecule has 0 unspecified atom stereocenters. The van der Waals surface area contributed by atoms with E-state index in [4.69, 9.17) is 4.74 Å². The van der Waals surface area contributed by atoms with Crippen LogP contribution >= 0.6 is 27.3 Å². The van der Waals surface area contributed by atoms with E-state index in [1.165, 1.54) is 15.6 Å². The average Bonchev–Trinajstić information content (AvgIpc) is 3.06. The summed E-state index contributed by atoms with van der Waals surface area (Å²) in [5.74, 6) is -0.553. The van der Waals surface area contributed by atoms with Gasteiger partial charge in [-0.2, -0.15) is 0 Å². The number of ether oxygens (including phenoxy) is 1. The molecule has 1 aliphatic heterocycles. The summed E-state index contributed by atoms with van der Waals surface area (Å²) in [6.45, 7) is 5.80. The number of hydrogen-bond acceptors (Lipinski definition) is 7. The van der Waals surface area contributed by atoms with Gasteiger partial charge in [0.25, 0.3) is 0 Å². The Balaban J connectivity index is 1.66. The first-order valence-electron chi connectivity index (χ1n) is 9.36. The van der Waals surface area contributed by atoms with Crippen LogP contribution in [0.15, 0.2) is 34.1 Å². The van der Waals surface area contributed by atoms with Gasteiger partial charge in [-0.1, -0.05) is 11.3 Å². The molecule has 2 aromatic rings. The van der Waals surface area contributed by atoms with Crippen molar-refractivity contribution in [3.63, 3.8) is 0 Å². The highest BCUT2D eigenvalue weighted by atomic mass is 79.9.